The Hall–Kier alpha value is -9.13. The molecule has 1 aromatic heterocycles. The molecular formula is C69H50BN5. The maximum atomic E-state index is 8.96. The molecule has 0 fully saturated rings. The van der Waals surface area contributed by atoms with Gasteiger partial charge in [0.2, 0.25) is 0 Å². The smallest absolute Gasteiger partial charge is 0.252 e. The molecule has 10 aromatic carbocycles. The summed E-state index contributed by atoms with van der Waals surface area (Å²) in [5.41, 5.74) is 23.5. The number of anilines is 6. The Kier molecular flexibility index (Phi) is 7.41. The molecule has 0 bridgehead atoms. The van der Waals surface area contributed by atoms with Gasteiger partial charge in [0, 0.05) is 50.8 Å². The number of hydrogen-bond acceptors (Lipinski definition) is 5. The molecule has 0 saturated carbocycles. The lowest BCUT2D eigenvalue weighted by atomic mass is 9.33. The van der Waals surface area contributed by atoms with Crippen molar-refractivity contribution in [2.24, 2.45) is 0 Å². The van der Waals surface area contributed by atoms with E-state index in [1.54, 1.807) is 0 Å². The zero-order valence-corrected chi connectivity index (χ0v) is 41.7. The molecule has 1 unspecified atom stereocenters. The summed E-state index contributed by atoms with van der Waals surface area (Å²) in [7, 11) is 0. The number of rotatable bonds is 5. The van der Waals surface area contributed by atoms with Crippen LogP contribution in [0.5, 0.6) is 0 Å². The third-order valence-corrected chi connectivity index (χ3v) is 15.8. The van der Waals surface area contributed by atoms with E-state index in [-0.39, 0.29) is 35.3 Å². The number of aryl methyl sites for hydroxylation is 5. The first-order chi connectivity index (χ1) is 40.9. The molecule has 354 valence electrons. The first-order valence-corrected chi connectivity index (χ1v) is 25.3. The molecule has 1 spiro atoms. The second kappa shape index (κ2) is 16.2. The van der Waals surface area contributed by atoms with Crippen LogP contribution < -0.4 is 26.2 Å². The highest BCUT2D eigenvalue weighted by molar-refractivity contribution is 7.00. The van der Waals surface area contributed by atoms with Gasteiger partial charge in [0.1, 0.15) is 0 Å². The Bertz CT molecular complexity index is 4710. The summed E-state index contributed by atoms with van der Waals surface area (Å²) in [4.78, 5) is 19.2. The van der Waals surface area contributed by atoms with E-state index in [1.165, 1.54) is 33.1 Å². The van der Waals surface area contributed by atoms with Crippen molar-refractivity contribution in [3.8, 4) is 56.4 Å². The highest BCUT2D eigenvalue weighted by atomic mass is 15.2. The topological polar surface area (TPSA) is 45.2 Å². The lowest BCUT2D eigenvalue weighted by Gasteiger charge is -2.45. The van der Waals surface area contributed by atoms with Crippen LogP contribution in [0.15, 0.2) is 212 Å². The summed E-state index contributed by atoms with van der Waals surface area (Å²) in [6.07, 6.45) is 0. The Labute approximate surface area is 452 Å². The third-order valence-electron chi connectivity index (χ3n) is 15.8. The molecule has 3 heterocycles. The number of hydrogen-bond donors (Lipinski definition) is 0. The fraction of sp³-hybridized carbons (Fsp3) is 0.0870. The molecule has 0 amide bonds. The van der Waals surface area contributed by atoms with E-state index < -0.39 is 65.8 Å². The van der Waals surface area contributed by atoms with Gasteiger partial charge in [-0.05, 0) is 166 Å². The predicted octanol–water partition coefficient (Wildman–Crippen LogP) is 14.8. The summed E-state index contributed by atoms with van der Waals surface area (Å²) >= 11 is 0. The number of nitrogens with zero attached hydrogens (tertiary/aromatic N) is 5. The summed E-state index contributed by atoms with van der Waals surface area (Å²) in [6.45, 7) is 10.7. The van der Waals surface area contributed by atoms with Crippen molar-refractivity contribution in [1.29, 1.82) is 0 Å². The van der Waals surface area contributed by atoms with E-state index >= 15 is 0 Å². The molecule has 5 nitrogen and oxygen atoms in total. The fourth-order valence-electron chi connectivity index (χ4n) is 12.8. The molecule has 6 heteroatoms. The Morgan fingerprint density at radius 3 is 1.61 bits per heavy atom. The summed E-state index contributed by atoms with van der Waals surface area (Å²) in [6, 6.07) is 49.3. The average Bonchev–Trinajstić information content (AvgIpc) is 1.61. The van der Waals surface area contributed by atoms with Crippen LogP contribution in [0.2, 0.25) is 0 Å². The largest absolute Gasteiger partial charge is 0.311 e. The van der Waals surface area contributed by atoms with Crippen LogP contribution in [-0.4, -0.2) is 21.7 Å². The number of fused-ring (bicyclic) bond motifs is 14. The third kappa shape index (κ3) is 6.29. The second-order valence-corrected chi connectivity index (χ2v) is 20.4. The standard InChI is InChI=1S/C69H50BN5/c1-41-17-16-22-49(34-41)74-61-35-43(3)27-31-58(61)70-59-39-53-51-24-13-15-26-55(51)69(57(53)40-62(59)75(60-32-28-42(2)33-45(60)5)64-37-44(4)36-63(74)65(64)70)54-25-14-12-23-50(54)52-38-48(29-30-56(52)69)68-72-66(46-18-8-6-9-19-46)71-67(73-68)47-20-10-7-11-21-47/h6-40H,1-5H3/i6D,7D,8D,9D,10D,11D,18D,19D,20D,21D. The van der Waals surface area contributed by atoms with Crippen molar-refractivity contribution in [1.82, 2.24) is 15.0 Å². The van der Waals surface area contributed by atoms with Crippen LogP contribution in [0.4, 0.5) is 34.1 Å². The van der Waals surface area contributed by atoms with E-state index in [1.807, 2.05) is 18.2 Å². The quantitative estimate of drug-likeness (QED) is 0.161. The lowest BCUT2D eigenvalue weighted by Crippen LogP contribution is -2.61. The van der Waals surface area contributed by atoms with Gasteiger partial charge in [0.15, 0.2) is 17.5 Å². The molecule has 2 aliphatic heterocycles. The molecule has 0 N–H and O–H groups in total. The first kappa shape index (κ1) is 34.3. The maximum absolute atomic E-state index is 8.96. The van der Waals surface area contributed by atoms with E-state index in [0.717, 1.165) is 89.8 Å². The minimum absolute atomic E-state index is 0.00232. The highest BCUT2D eigenvalue weighted by Gasteiger charge is 2.53. The predicted molar refractivity (Wildman–Crippen MR) is 310 cm³/mol. The molecule has 4 aliphatic rings. The second-order valence-electron chi connectivity index (χ2n) is 20.4. The summed E-state index contributed by atoms with van der Waals surface area (Å²) in [5.74, 6) is -0.636. The molecule has 1 atom stereocenters. The molecular weight excluding hydrogens is 910 g/mol. The maximum Gasteiger partial charge on any atom is 0.252 e. The molecule has 2 aliphatic carbocycles. The van der Waals surface area contributed by atoms with Gasteiger partial charge >= 0.3 is 0 Å². The monoisotopic (exact) mass is 969 g/mol. The highest BCUT2D eigenvalue weighted by Crippen LogP contribution is 2.64. The van der Waals surface area contributed by atoms with E-state index in [0.29, 0.717) is 5.56 Å². The molecule has 0 radical (unpaired) electrons. The van der Waals surface area contributed by atoms with Crippen molar-refractivity contribution < 1.29 is 13.7 Å². The van der Waals surface area contributed by atoms with Crippen LogP contribution >= 0.6 is 0 Å². The zero-order valence-electron chi connectivity index (χ0n) is 51.7. The minimum Gasteiger partial charge on any atom is -0.311 e. The van der Waals surface area contributed by atoms with Gasteiger partial charge in [0.25, 0.3) is 6.71 Å². The van der Waals surface area contributed by atoms with Crippen molar-refractivity contribution in [3.05, 3.63) is 262 Å². The zero-order chi connectivity index (χ0) is 59.0. The minimum atomic E-state index is -0.850. The average molecular weight is 970 g/mol. The Morgan fingerprint density at radius 2 is 0.947 bits per heavy atom. The van der Waals surface area contributed by atoms with Crippen molar-refractivity contribution in [2.45, 2.75) is 40.0 Å². The van der Waals surface area contributed by atoms with Gasteiger partial charge in [-0.3, -0.25) is 0 Å². The fourth-order valence-corrected chi connectivity index (χ4v) is 12.8. The van der Waals surface area contributed by atoms with Crippen LogP contribution in [-0.2, 0) is 5.41 Å². The van der Waals surface area contributed by atoms with Gasteiger partial charge in [-0.15, -0.1) is 0 Å². The first-order valence-electron chi connectivity index (χ1n) is 30.3. The molecule has 75 heavy (non-hydrogen) atoms. The van der Waals surface area contributed by atoms with Gasteiger partial charge in [-0.1, -0.05) is 169 Å². The number of aromatic nitrogens is 3. The lowest BCUT2D eigenvalue weighted by molar-refractivity contribution is 0.794. The Morgan fingerprint density at radius 1 is 0.387 bits per heavy atom. The van der Waals surface area contributed by atoms with Crippen LogP contribution in [0.1, 0.15) is 63.8 Å². The Balaban J connectivity index is 0.996. The van der Waals surface area contributed by atoms with Crippen LogP contribution in [0, 0.1) is 34.6 Å². The van der Waals surface area contributed by atoms with Gasteiger partial charge in [-0.25, -0.2) is 15.0 Å². The molecule has 0 saturated heterocycles. The normalized spacial score (nSPS) is 16.8. The van der Waals surface area contributed by atoms with E-state index in [4.69, 9.17) is 23.7 Å². The van der Waals surface area contributed by atoms with Crippen LogP contribution in [0.25, 0.3) is 56.4 Å². The summed E-state index contributed by atoms with van der Waals surface area (Å²) in [5, 5.41) is 0. The van der Waals surface area contributed by atoms with Crippen LogP contribution in [0.3, 0.4) is 0 Å². The SMILES string of the molecule is [2H]c1c([2H])c([2H])c(-c2nc(-c3ccc4c(c3)-c3ccccc3C43c4ccccc4-c4cc5c(cc43)N(c3ccc(C)cc3C)c3cc(C)cc4c3B5c3ccc(C)cc3N4c3cccc(C)c3)nc(-c3c([2H])c([2H])c([2H])c([2H])c3[2H])n2)c([2H])c1[2H]. The van der Waals surface area contributed by atoms with E-state index in [2.05, 4.69) is 183 Å². The van der Waals surface area contributed by atoms with Gasteiger partial charge < -0.3 is 9.80 Å². The van der Waals surface area contributed by atoms with Crippen molar-refractivity contribution >= 4 is 57.2 Å². The van der Waals surface area contributed by atoms with E-state index in [9.17, 15) is 0 Å². The molecule has 11 aromatic rings. The molecule has 15 rings (SSSR count). The van der Waals surface area contributed by atoms with Gasteiger partial charge in [0.05, 0.1) is 19.1 Å². The van der Waals surface area contributed by atoms with Crippen molar-refractivity contribution in [2.75, 3.05) is 9.80 Å². The summed E-state index contributed by atoms with van der Waals surface area (Å²) < 4.78 is 86.8. The number of benzene rings is 10. The van der Waals surface area contributed by atoms with Gasteiger partial charge in [-0.2, -0.15) is 0 Å². The van der Waals surface area contributed by atoms with Crippen molar-refractivity contribution in [3.63, 3.8) is 0 Å².